The minimum absolute atomic E-state index is 0.147. The van der Waals surface area contributed by atoms with Crippen LogP contribution in [-0.4, -0.2) is 23.8 Å². The van der Waals surface area contributed by atoms with Gasteiger partial charge in [-0.3, -0.25) is 0 Å². The Hall–Kier alpha value is -1.22. The number of phenolic OH excluding ortho intramolecular Hbond substituents is 1. The molecule has 0 bridgehead atoms. The van der Waals surface area contributed by atoms with Gasteiger partial charge < -0.3 is 15.2 Å². The zero-order valence-electron chi connectivity index (χ0n) is 8.94. The molecule has 2 atom stereocenters. The summed E-state index contributed by atoms with van der Waals surface area (Å²) in [4.78, 5) is 0. The molecule has 1 heterocycles. The molecule has 1 aliphatic rings. The average molecular weight is 207 g/mol. The van der Waals surface area contributed by atoms with Crippen LogP contribution in [0, 0.1) is 0 Å². The highest BCUT2D eigenvalue weighted by Gasteiger charge is 2.22. The van der Waals surface area contributed by atoms with E-state index in [0.717, 1.165) is 12.3 Å². The zero-order valence-corrected chi connectivity index (χ0v) is 8.94. The van der Waals surface area contributed by atoms with Crippen molar-refractivity contribution in [2.75, 3.05) is 6.54 Å². The third kappa shape index (κ3) is 2.63. The molecule has 1 aromatic rings. The summed E-state index contributed by atoms with van der Waals surface area (Å²) in [7, 11) is 0. The molecule has 1 aromatic carbocycles. The highest BCUT2D eigenvalue weighted by atomic mass is 16.5. The molecular weight excluding hydrogens is 190 g/mol. The van der Waals surface area contributed by atoms with Gasteiger partial charge in [-0.25, -0.2) is 0 Å². The second-order valence-corrected chi connectivity index (χ2v) is 4.02. The van der Waals surface area contributed by atoms with E-state index in [-0.39, 0.29) is 11.9 Å². The van der Waals surface area contributed by atoms with Gasteiger partial charge in [-0.15, -0.1) is 0 Å². The number of hydrogen-bond acceptors (Lipinski definition) is 3. The van der Waals surface area contributed by atoms with E-state index in [4.69, 9.17) is 4.74 Å². The van der Waals surface area contributed by atoms with Gasteiger partial charge in [-0.1, -0.05) is 6.07 Å². The van der Waals surface area contributed by atoms with Crippen molar-refractivity contribution in [3.8, 4) is 11.5 Å². The van der Waals surface area contributed by atoms with Crippen LogP contribution in [0.4, 0.5) is 0 Å². The Balaban J connectivity index is 1.95. The first-order valence-electron chi connectivity index (χ1n) is 5.45. The summed E-state index contributed by atoms with van der Waals surface area (Å²) in [6.45, 7) is 3.14. The second kappa shape index (κ2) is 4.53. The Morgan fingerprint density at radius 1 is 1.53 bits per heavy atom. The maximum atomic E-state index is 9.30. The summed E-state index contributed by atoms with van der Waals surface area (Å²) < 4.78 is 5.76. The van der Waals surface area contributed by atoms with Gasteiger partial charge in [0.2, 0.25) is 0 Å². The van der Waals surface area contributed by atoms with Crippen LogP contribution in [0.3, 0.4) is 0 Å². The van der Waals surface area contributed by atoms with Crippen LogP contribution in [-0.2, 0) is 0 Å². The van der Waals surface area contributed by atoms with Gasteiger partial charge in [0.1, 0.15) is 17.6 Å². The van der Waals surface area contributed by atoms with Crippen molar-refractivity contribution in [2.45, 2.75) is 31.9 Å². The fourth-order valence-corrected chi connectivity index (χ4v) is 1.97. The lowest BCUT2D eigenvalue weighted by atomic mass is 10.1. The molecule has 0 saturated carbocycles. The molecule has 3 nitrogen and oxygen atoms in total. The summed E-state index contributed by atoms with van der Waals surface area (Å²) in [5, 5.41) is 12.7. The summed E-state index contributed by atoms with van der Waals surface area (Å²) in [6.07, 6.45) is 2.53. The van der Waals surface area contributed by atoms with Crippen LogP contribution in [0.5, 0.6) is 11.5 Å². The molecule has 2 N–H and O–H groups in total. The number of benzene rings is 1. The predicted molar refractivity (Wildman–Crippen MR) is 59.2 cm³/mol. The van der Waals surface area contributed by atoms with E-state index in [9.17, 15) is 5.11 Å². The van der Waals surface area contributed by atoms with Crippen molar-refractivity contribution in [2.24, 2.45) is 0 Å². The van der Waals surface area contributed by atoms with Gasteiger partial charge in [-0.05, 0) is 38.4 Å². The van der Waals surface area contributed by atoms with Gasteiger partial charge in [0.25, 0.3) is 0 Å². The van der Waals surface area contributed by atoms with Gasteiger partial charge in [0.15, 0.2) is 0 Å². The molecule has 1 fully saturated rings. The van der Waals surface area contributed by atoms with Crippen LogP contribution in [0.2, 0.25) is 0 Å². The molecule has 0 aliphatic carbocycles. The van der Waals surface area contributed by atoms with Crippen molar-refractivity contribution in [3.05, 3.63) is 24.3 Å². The molecule has 2 rings (SSSR count). The highest BCUT2D eigenvalue weighted by molar-refractivity contribution is 5.31. The number of ether oxygens (including phenoxy) is 1. The molecule has 0 amide bonds. The Morgan fingerprint density at radius 2 is 2.40 bits per heavy atom. The quantitative estimate of drug-likeness (QED) is 0.795. The SMILES string of the molecule is CC(Oc1cccc(O)c1)C1CCCN1. The topological polar surface area (TPSA) is 41.5 Å². The zero-order chi connectivity index (χ0) is 10.7. The Morgan fingerprint density at radius 3 is 3.07 bits per heavy atom. The van der Waals surface area contributed by atoms with Gasteiger partial charge in [-0.2, -0.15) is 0 Å². The number of phenols is 1. The van der Waals surface area contributed by atoms with Crippen LogP contribution in [0.15, 0.2) is 24.3 Å². The molecular formula is C12H17NO2. The molecule has 15 heavy (non-hydrogen) atoms. The third-order valence-electron chi connectivity index (χ3n) is 2.80. The lowest BCUT2D eigenvalue weighted by Crippen LogP contribution is -2.36. The monoisotopic (exact) mass is 207 g/mol. The maximum Gasteiger partial charge on any atom is 0.123 e. The molecule has 3 heteroatoms. The standard InChI is InChI=1S/C12H17NO2/c1-9(12-6-3-7-13-12)15-11-5-2-4-10(14)8-11/h2,4-5,8-9,12-14H,3,6-7H2,1H3. The van der Waals surface area contributed by atoms with Crippen LogP contribution >= 0.6 is 0 Å². The molecule has 2 unspecified atom stereocenters. The maximum absolute atomic E-state index is 9.30. The van der Waals surface area contributed by atoms with Crippen LogP contribution in [0.25, 0.3) is 0 Å². The first-order valence-corrected chi connectivity index (χ1v) is 5.45. The summed E-state index contributed by atoms with van der Waals surface area (Å²) >= 11 is 0. The van der Waals surface area contributed by atoms with E-state index in [1.54, 1.807) is 18.2 Å². The van der Waals surface area contributed by atoms with Gasteiger partial charge >= 0.3 is 0 Å². The van der Waals surface area contributed by atoms with E-state index in [2.05, 4.69) is 12.2 Å². The lowest BCUT2D eigenvalue weighted by molar-refractivity contribution is 0.179. The Kier molecular flexibility index (Phi) is 3.11. The molecule has 0 radical (unpaired) electrons. The largest absolute Gasteiger partial charge is 0.508 e. The fourth-order valence-electron chi connectivity index (χ4n) is 1.97. The molecule has 82 valence electrons. The Labute approximate surface area is 90.1 Å². The highest BCUT2D eigenvalue weighted by Crippen LogP contribution is 2.21. The van der Waals surface area contributed by atoms with E-state index >= 15 is 0 Å². The van der Waals surface area contributed by atoms with Crippen LogP contribution < -0.4 is 10.1 Å². The number of rotatable bonds is 3. The third-order valence-corrected chi connectivity index (χ3v) is 2.80. The molecule has 0 spiro atoms. The van der Waals surface area contributed by atoms with E-state index < -0.39 is 0 Å². The van der Waals surface area contributed by atoms with Crippen molar-refractivity contribution in [3.63, 3.8) is 0 Å². The average Bonchev–Trinajstić information content (AvgIpc) is 2.70. The van der Waals surface area contributed by atoms with Crippen molar-refractivity contribution in [1.82, 2.24) is 5.32 Å². The number of aromatic hydroxyl groups is 1. The van der Waals surface area contributed by atoms with Crippen molar-refractivity contribution < 1.29 is 9.84 Å². The summed E-state index contributed by atoms with van der Waals surface area (Å²) in [5.74, 6) is 0.982. The predicted octanol–water partition coefficient (Wildman–Crippen LogP) is 1.91. The lowest BCUT2D eigenvalue weighted by Gasteiger charge is -2.21. The van der Waals surface area contributed by atoms with Gasteiger partial charge in [0.05, 0.1) is 0 Å². The van der Waals surface area contributed by atoms with Crippen molar-refractivity contribution >= 4 is 0 Å². The van der Waals surface area contributed by atoms with Gasteiger partial charge in [0, 0.05) is 12.1 Å². The second-order valence-electron chi connectivity index (χ2n) is 4.02. The minimum Gasteiger partial charge on any atom is -0.508 e. The first-order chi connectivity index (χ1) is 7.25. The van der Waals surface area contributed by atoms with E-state index in [1.165, 1.54) is 12.8 Å². The van der Waals surface area contributed by atoms with E-state index in [1.807, 2.05) is 6.07 Å². The first kappa shape index (κ1) is 10.3. The smallest absolute Gasteiger partial charge is 0.123 e. The minimum atomic E-state index is 0.147. The molecule has 1 aliphatic heterocycles. The normalized spacial score (nSPS) is 22.6. The summed E-state index contributed by atoms with van der Waals surface area (Å²) in [6, 6.07) is 7.38. The Bertz CT molecular complexity index is 321. The summed E-state index contributed by atoms with van der Waals surface area (Å²) in [5.41, 5.74) is 0. The fraction of sp³-hybridized carbons (Fsp3) is 0.500. The number of hydrogen-bond donors (Lipinski definition) is 2. The van der Waals surface area contributed by atoms with Crippen LogP contribution in [0.1, 0.15) is 19.8 Å². The molecule has 0 aromatic heterocycles. The van der Waals surface area contributed by atoms with E-state index in [0.29, 0.717) is 6.04 Å². The van der Waals surface area contributed by atoms with Crippen molar-refractivity contribution in [1.29, 1.82) is 0 Å². The number of nitrogens with one attached hydrogen (secondary N) is 1. The molecule has 1 saturated heterocycles.